The van der Waals surface area contributed by atoms with Crippen molar-refractivity contribution in [2.24, 2.45) is 5.41 Å². The lowest BCUT2D eigenvalue weighted by atomic mass is 9.87. The summed E-state index contributed by atoms with van der Waals surface area (Å²) in [5.41, 5.74) is -0.645. The highest BCUT2D eigenvalue weighted by Gasteiger charge is 2.45. The van der Waals surface area contributed by atoms with Crippen LogP contribution in [0.4, 0.5) is 0 Å². The van der Waals surface area contributed by atoms with E-state index in [4.69, 9.17) is 9.26 Å². The van der Waals surface area contributed by atoms with Gasteiger partial charge in [0.15, 0.2) is 15.6 Å². The van der Waals surface area contributed by atoms with Crippen LogP contribution in [0.2, 0.25) is 0 Å². The third kappa shape index (κ3) is 5.26. The summed E-state index contributed by atoms with van der Waals surface area (Å²) in [5, 5.41) is 23.8. The van der Waals surface area contributed by atoms with Crippen molar-refractivity contribution in [1.82, 2.24) is 9.88 Å². The monoisotopic (exact) mass is 474 g/mol. The number of ether oxygens (including phenoxy) is 1. The Hall–Kier alpha value is -1.99. The van der Waals surface area contributed by atoms with Gasteiger partial charge in [-0.3, -0.25) is 0 Å². The molecular weight excluding hydrogens is 448 g/mol. The van der Waals surface area contributed by atoms with Crippen LogP contribution in [0.3, 0.4) is 0 Å². The van der Waals surface area contributed by atoms with Crippen molar-refractivity contribution in [2.45, 2.75) is 48.7 Å². The third-order valence-corrected chi connectivity index (χ3v) is 8.17. The van der Waals surface area contributed by atoms with Gasteiger partial charge in [-0.1, -0.05) is 5.16 Å². The zero-order valence-electron chi connectivity index (χ0n) is 17.4. The number of sulfone groups is 1. The second-order valence-electron chi connectivity index (χ2n) is 8.05. The summed E-state index contributed by atoms with van der Waals surface area (Å²) in [6, 6.07) is 5.82. The lowest BCUT2D eigenvalue weighted by Crippen LogP contribution is -2.40. The van der Waals surface area contributed by atoms with Gasteiger partial charge in [-0.05, 0) is 51.0 Å². The molecule has 12 heteroatoms. The number of hydrogen-bond acceptors (Lipinski definition) is 9. The SMILES string of the molecule is Cc1noc(C)c1S(=O)(=O)NCC1(COc2ccc(S(C)(=O)=O)cc2)CC(O)C(O)C1. The number of sulfonamides is 1. The van der Waals surface area contributed by atoms with Crippen LogP contribution in [0.5, 0.6) is 5.75 Å². The Morgan fingerprint density at radius 3 is 2.19 bits per heavy atom. The number of rotatable bonds is 8. The number of nitrogens with one attached hydrogen (secondary N) is 1. The number of aromatic nitrogens is 1. The fourth-order valence-electron chi connectivity index (χ4n) is 3.75. The minimum atomic E-state index is -3.94. The van der Waals surface area contributed by atoms with E-state index in [-0.39, 0.29) is 47.2 Å². The van der Waals surface area contributed by atoms with Crippen LogP contribution in [-0.4, -0.2) is 63.8 Å². The molecule has 172 valence electrons. The van der Waals surface area contributed by atoms with Crippen molar-refractivity contribution in [2.75, 3.05) is 19.4 Å². The number of hydrogen-bond donors (Lipinski definition) is 3. The van der Waals surface area contributed by atoms with Gasteiger partial charge in [0.2, 0.25) is 10.0 Å². The molecule has 2 unspecified atom stereocenters. The molecule has 0 radical (unpaired) electrons. The van der Waals surface area contributed by atoms with Crippen LogP contribution in [0.15, 0.2) is 38.6 Å². The molecule has 3 N–H and O–H groups in total. The zero-order valence-corrected chi connectivity index (χ0v) is 19.0. The van der Waals surface area contributed by atoms with Gasteiger partial charge in [-0.15, -0.1) is 0 Å². The summed E-state index contributed by atoms with van der Waals surface area (Å²) in [6.45, 7) is 2.93. The van der Waals surface area contributed by atoms with Gasteiger partial charge >= 0.3 is 0 Å². The molecule has 10 nitrogen and oxygen atoms in total. The summed E-state index contributed by atoms with van der Waals surface area (Å²) in [7, 11) is -7.28. The summed E-state index contributed by atoms with van der Waals surface area (Å²) in [4.78, 5) is 0.104. The second-order valence-corrected chi connectivity index (χ2v) is 11.8. The summed E-state index contributed by atoms with van der Waals surface area (Å²) in [6.07, 6.45) is -0.677. The van der Waals surface area contributed by atoms with Gasteiger partial charge in [0.25, 0.3) is 0 Å². The first kappa shape index (κ1) is 23.7. The van der Waals surface area contributed by atoms with Crippen LogP contribution in [0, 0.1) is 19.3 Å². The van der Waals surface area contributed by atoms with Crippen molar-refractivity contribution in [1.29, 1.82) is 0 Å². The molecule has 1 aliphatic rings. The van der Waals surface area contributed by atoms with Gasteiger partial charge in [0, 0.05) is 18.2 Å². The van der Waals surface area contributed by atoms with Crippen LogP contribution in [-0.2, 0) is 19.9 Å². The molecule has 2 atom stereocenters. The lowest BCUT2D eigenvalue weighted by Gasteiger charge is -2.29. The highest BCUT2D eigenvalue weighted by Crippen LogP contribution is 2.39. The smallest absolute Gasteiger partial charge is 0.245 e. The molecule has 1 aromatic carbocycles. The Morgan fingerprint density at radius 2 is 1.71 bits per heavy atom. The summed E-state index contributed by atoms with van der Waals surface area (Å²) in [5.74, 6) is 0.545. The summed E-state index contributed by atoms with van der Waals surface area (Å²) >= 11 is 0. The fourth-order valence-corrected chi connectivity index (χ4v) is 5.87. The van der Waals surface area contributed by atoms with Crippen molar-refractivity contribution in [3.8, 4) is 5.75 Å². The van der Waals surface area contributed by atoms with Gasteiger partial charge in [-0.25, -0.2) is 21.6 Å². The van der Waals surface area contributed by atoms with E-state index in [0.29, 0.717) is 5.75 Å². The van der Waals surface area contributed by atoms with Crippen LogP contribution < -0.4 is 9.46 Å². The maximum atomic E-state index is 12.8. The van der Waals surface area contributed by atoms with E-state index in [2.05, 4.69) is 9.88 Å². The van der Waals surface area contributed by atoms with E-state index in [1.54, 1.807) is 0 Å². The molecule has 0 saturated heterocycles. The number of aliphatic hydroxyl groups is 2. The van der Waals surface area contributed by atoms with Crippen molar-refractivity contribution < 1.29 is 36.3 Å². The highest BCUT2D eigenvalue weighted by molar-refractivity contribution is 7.90. The summed E-state index contributed by atoms with van der Waals surface area (Å²) < 4.78 is 61.9. The molecule has 1 aliphatic carbocycles. The molecule has 0 bridgehead atoms. The topological polar surface area (TPSA) is 156 Å². The first-order chi connectivity index (χ1) is 14.3. The highest BCUT2D eigenvalue weighted by atomic mass is 32.2. The predicted molar refractivity (Wildman–Crippen MR) is 110 cm³/mol. The standard InChI is InChI=1S/C19H26N2O8S2/c1-12-18(13(2)29-21-12)31(26,27)20-10-19(8-16(22)17(23)9-19)11-28-14-4-6-15(7-5-14)30(3,24)25/h4-7,16-17,20,22-23H,8-11H2,1-3H3. The van der Waals surface area contributed by atoms with E-state index in [0.717, 1.165) is 6.26 Å². The Balaban J connectivity index is 1.76. The van der Waals surface area contributed by atoms with Gasteiger partial charge < -0.3 is 19.5 Å². The van der Waals surface area contributed by atoms with E-state index in [1.807, 2.05) is 0 Å². The largest absolute Gasteiger partial charge is 0.493 e. The van der Waals surface area contributed by atoms with Crippen LogP contribution in [0.1, 0.15) is 24.3 Å². The van der Waals surface area contributed by atoms with Crippen LogP contribution >= 0.6 is 0 Å². The average molecular weight is 475 g/mol. The Morgan fingerprint density at radius 1 is 1.13 bits per heavy atom. The molecule has 1 aromatic heterocycles. The lowest BCUT2D eigenvalue weighted by molar-refractivity contribution is 0.0438. The molecular formula is C19H26N2O8S2. The van der Waals surface area contributed by atoms with Gasteiger partial charge in [0.1, 0.15) is 16.3 Å². The molecule has 0 amide bonds. The number of aryl methyl sites for hydroxylation is 2. The minimum Gasteiger partial charge on any atom is -0.493 e. The molecule has 0 aliphatic heterocycles. The second kappa shape index (κ2) is 8.51. The van der Waals surface area contributed by atoms with Gasteiger partial charge in [0.05, 0.1) is 23.7 Å². The quantitative estimate of drug-likeness (QED) is 0.497. The molecule has 31 heavy (non-hydrogen) atoms. The maximum absolute atomic E-state index is 12.8. The van der Waals surface area contributed by atoms with E-state index < -0.39 is 37.5 Å². The Bertz CT molecular complexity index is 1110. The zero-order chi connectivity index (χ0) is 23.0. The number of benzene rings is 1. The molecule has 3 rings (SSSR count). The van der Waals surface area contributed by atoms with Crippen molar-refractivity contribution >= 4 is 19.9 Å². The Labute approximate surface area is 181 Å². The Kier molecular flexibility index (Phi) is 6.50. The fraction of sp³-hybridized carbons (Fsp3) is 0.526. The van der Waals surface area contributed by atoms with Gasteiger partial charge in [-0.2, -0.15) is 0 Å². The molecule has 1 heterocycles. The maximum Gasteiger partial charge on any atom is 0.245 e. The number of aliphatic hydroxyl groups excluding tert-OH is 2. The molecule has 1 fully saturated rings. The average Bonchev–Trinajstić information content (AvgIpc) is 3.17. The third-order valence-electron chi connectivity index (χ3n) is 5.40. The molecule has 2 aromatic rings. The molecule has 0 spiro atoms. The van der Waals surface area contributed by atoms with Crippen molar-refractivity contribution in [3.05, 3.63) is 35.7 Å². The predicted octanol–water partition coefficient (Wildman–Crippen LogP) is 0.554. The van der Waals surface area contributed by atoms with E-state index >= 15 is 0 Å². The molecule has 1 saturated carbocycles. The normalized spacial score (nSPS) is 24.4. The van der Waals surface area contributed by atoms with Crippen LogP contribution in [0.25, 0.3) is 0 Å². The first-order valence-electron chi connectivity index (χ1n) is 9.55. The number of nitrogens with zero attached hydrogens (tertiary/aromatic N) is 1. The van der Waals surface area contributed by atoms with Crippen molar-refractivity contribution in [3.63, 3.8) is 0 Å². The van der Waals surface area contributed by atoms with E-state index in [1.165, 1.54) is 38.1 Å². The van der Waals surface area contributed by atoms with E-state index in [9.17, 15) is 27.0 Å². The first-order valence-corrected chi connectivity index (χ1v) is 12.9. The minimum absolute atomic E-state index is 0.00344.